The zero-order valence-corrected chi connectivity index (χ0v) is 7.07. The summed E-state index contributed by atoms with van der Waals surface area (Å²) < 4.78 is 0. The molecule has 0 aromatic heterocycles. The molecular formula is C5H2Cl2N4O. The lowest BCUT2D eigenvalue weighted by atomic mass is 10.2. The van der Waals surface area contributed by atoms with Gasteiger partial charge in [-0.3, -0.25) is 0 Å². The Kier molecular flexibility index (Phi) is 1.79. The number of carbonyl (C=O) groups is 1. The largest absolute Gasteiger partial charge is 0.319 e. The van der Waals surface area contributed by atoms with E-state index in [0.29, 0.717) is 0 Å². The number of carbonyl (C=O) groups excluding carboxylic acids is 1. The van der Waals surface area contributed by atoms with Crippen molar-refractivity contribution in [3.8, 4) is 12.1 Å². The van der Waals surface area contributed by atoms with Crippen LogP contribution < -0.4 is 10.6 Å². The maximum Gasteiger partial charge on any atom is 0.319 e. The van der Waals surface area contributed by atoms with Gasteiger partial charge in [-0.15, -0.1) is 0 Å². The Morgan fingerprint density at radius 3 is 1.75 bits per heavy atom. The van der Waals surface area contributed by atoms with E-state index in [2.05, 4.69) is 0 Å². The van der Waals surface area contributed by atoms with Crippen LogP contribution in [0, 0.1) is 22.7 Å². The van der Waals surface area contributed by atoms with Crippen LogP contribution in [-0.2, 0) is 0 Å². The number of nitrogens with zero attached hydrogens (tertiary/aromatic N) is 2. The van der Waals surface area contributed by atoms with Gasteiger partial charge in [0.25, 0.3) is 10.00 Å². The number of hydrogen-bond acceptors (Lipinski definition) is 3. The first-order valence-electron chi connectivity index (χ1n) is 2.78. The summed E-state index contributed by atoms with van der Waals surface area (Å²) in [5, 5.41) is 21.1. The maximum atomic E-state index is 10.7. The quantitative estimate of drug-likeness (QED) is 0.437. The predicted octanol–water partition coefficient (Wildman–Crippen LogP) is 0.217. The second kappa shape index (κ2) is 2.41. The summed E-state index contributed by atoms with van der Waals surface area (Å²) in [7, 11) is 0. The molecule has 0 aromatic carbocycles. The summed E-state index contributed by atoms with van der Waals surface area (Å²) in [6.45, 7) is 0. The van der Waals surface area contributed by atoms with E-state index in [-0.39, 0.29) is 0 Å². The van der Waals surface area contributed by atoms with Gasteiger partial charge in [0.2, 0.25) is 0 Å². The van der Waals surface area contributed by atoms with Crippen molar-refractivity contribution in [2.45, 2.75) is 10.00 Å². The number of rotatable bonds is 0. The summed E-state index contributed by atoms with van der Waals surface area (Å²) in [4.78, 5) is 6.87. The highest BCUT2D eigenvalue weighted by Crippen LogP contribution is 2.33. The van der Waals surface area contributed by atoms with Crippen LogP contribution in [0.2, 0.25) is 0 Å². The number of nitrogens with one attached hydrogen (secondary N) is 2. The molecule has 0 aliphatic carbocycles. The fourth-order valence-electron chi connectivity index (χ4n) is 0.726. The first-order chi connectivity index (χ1) is 5.47. The van der Waals surface area contributed by atoms with Crippen molar-refractivity contribution in [1.29, 1.82) is 10.5 Å². The molecule has 1 heterocycles. The average Bonchev–Trinajstić information content (AvgIpc) is 2.25. The fourth-order valence-corrected chi connectivity index (χ4v) is 1.08. The molecule has 0 radical (unpaired) electrons. The van der Waals surface area contributed by atoms with Gasteiger partial charge in [0.15, 0.2) is 0 Å². The van der Waals surface area contributed by atoms with Crippen LogP contribution in [0.25, 0.3) is 0 Å². The third kappa shape index (κ3) is 0.953. The molecular weight excluding hydrogens is 203 g/mol. The molecule has 2 N–H and O–H groups in total. The molecule has 12 heavy (non-hydrogen) atoms. The Hall–Kier alpha value is -1.17. The summed E-state index contributed by atoms with van der Waals surface area (Å²) in [5.41, 5.74) is 0. The van der Waals surface area contributed by atoms with Gasteiger partial charge in [-0.05, 0) is 0 Å². The third-order valence-electron chi connectivity index (χ3n) is 1.35. The Labute approximate surface area is 77.8 Å². The molecule has 0 aromatic rings. The van der Waals surface area contributed by atoms with Crippen molar-refractivity contribution >= 4 is 29.2 Å². The van der Waals surface area contributed by atoms with Gasteiger partial charge in [-0.1, -0.05) is 23.2 Å². The van der Waals surface area contributed by atoms with Crippen molar-refractivity contribution < 1.29 is 4.79 Å². The zero-order chi connectivity index (χ0) is 9.41. The van der Waals surface area contributed by atoms with Gasteiger partial charge in [0.05, 0.1) is 0 Å². The van der Waals surface area contributed by atoms with Crippen LogP contribution in [0.1, 0.15) is 0 Å². The molecule has 2 atom stereocenters. The topological polar surface area (TPSA) is 88.7 Å². The summed E-state index contributed by atoms with van der Waals surface area (Å²) >= 11 is 11.1. The van der Waals surface area contributed by atoms with Crippen molar-refractivity contribution in [3.63, 3.8) is 0 Å². The lowest BCUT2D eigenvalue weighted by Crippen LogP contribution is -2.50. The van der Waals surface area contributed by atoms with Crippen molar-refractivity contribution in [3.05, 3.63) is 0 Å². The van der Waals surface area contributed by atoms with Gasteiger partial charge in [0.1, 0.15) is 12.1 Å². The molecule has 1 aliphatic rings. The van der Waals surface area contributed by atoms with Crippen LogP contribution in [0.15, 0.2) is 0 Å². The summed E-state index contributed by atoms with van der Waals surface area (Å²) in [5.74, 6) is 0. The van der Waals surface area contributed by atoms with E-state index in [4.69, 9.17) is 33.7 Å². The second-order valence-corrected chi connectivity index (χ2v) is 3.25. The van der Waals surface area contributed by atoms with Gasteiger partial charge in [0, 0.05) is 0 Å². The van der Waals surface area contributed by atoms with Crippen LogP contribution in [0.3, 0.4) is 0 Å². The molecule has 1 saturated heterocycles. The predicted molar refractivity (Wildman–Crippen MR) is 40.1 cm³/mol. The van der Waals surface area contributed by atoms with E-state index in [1.54, 1.807) is 0 Å². The first-order valence-corrected chi connectivity index (χ1v) is 3.54. The molecule has 1 aliphatic heterocycles. The zero-order valence-electron chi connectivity index (χ0n) is 5.56. The van der Waals surface area contributed by atoms with Gasteiger partial charge in [-0.2, -0.15) is 10.5 Å². The fraction of sp³-hybridized carbons (Fsp3) is 0.400. The first kappa shape index (κ1) is 8.92. The van der Waals surface area contributed by atoms with E-state index in [9.17, 15) is 4.79 Å². The monoisotopic (exact) mass is 204 g/mol. The number of hydrogen-bond donors (Lipinski definition) is 2. The van der Waals surface area contributed by atoms with Crippen molar-refractivity contribution in [2.75, 3.05) is 0 Å². The van der Waals surface area contributed by atoms with E-state index in [1.807, 2.05) is 10.6 Å². The SMILES string of the molecule is N#CC1(Cl)NC(=O)NC1(Cl)C#N. The minimum absolute atomic E-state index is 0.747. The highest BCUT2D eigenvalue weighted by atomic mass is 35.5. The molecule has 0 spiro atoms. The number of halogens is 2. The van der Waals surface area contributed by atoms with Crippen LogP contribution in [-0.4, -0.2) is 16.0 Å². The lowest BCUT2D eigenvalue weighted by molar-refractivity contribution is 0.247. The van der Waals surface area contributed by atoms with Crippen LogP contribution in [0.4, 0.5) is 4.79 Å². The second-order valence-electron chi connectivity index (χ2n) is 2.12. The Morgan fingerprint density at radius 2 is 1.50 bits per heavy atom. The molecule has 0 bridgehead atoms. The number of urea groups is 1. The molecule has 62 valence electrons. The Balaban J connectivity index is 3.14. The van der Waals surface area contributed by atoms with E-state index in [1.165, 1.54) is 12.1 Å². The Morgan fingerprint density at radius 1 is 1.17 bits per heavy atom. The number of amides is 2. The van der Waals surface area contributed by atoms with Crippen LogP contribution >= 0.6 is 23.2 Å². The van der Waals surface area contributed by atoms with E-state index < -0.39 is 16.0 Å². The van der Waals surface area contributed by atoms with Gasteiger partial charge in [-0.25, -0.2) is 4.79 Å². The van der Waals surface area contributed by atoms with Crippen LogP contribution in [0.5, 0.6) is 0 Å². The molecule has 2 unspecified atom stereocenters. The minimum atomic E-state index is -1.92. The summed E-state index contributed by atoms with van der Waals surface area (Å²) in [6, 6.07) is 2.31. The van der Waals surface area contributed by atoms with Gasteiger partial charge >= 0.3 is 6.03 Å². The van der Waals surface area contributed by atoms with E-state index in [0.717, 1.165) is 0 Å². The molecule has 5 nitrogen and oxygen atoms in total. The normalized spacial score (nSPS) is 39.2. The van der Waals surface area contributed by atoms with E-state index >= 15 is 0 Å². The maximum absolute atomic E-state index is 10.7. The molecule has 0 saturated carbocycles. The standard InChI is InChI=1S/C5H2Cl2N4O/c6-4(1-8)5(7,2-9)11-3(12)10-4/h(H2,10,11,12). The lowest BCUT2D eigenvalue weighted by Gasteiger charge is -2.20. The van der Waals surface area contributed by atoms with Gasteiger partial charge < -0.3 is 10.6 Å². The molecule has 2 amide bonds. The summed E-state index contributed by atoms with van der Waals surface area (Å²) in [6.07, 6.45) is 0. The Bertz CT molecular complexity index is 288. The third-order valence-corrected chi connectivity index (χ3v) is 2.38. The minimum Gasteiger partial charge on any atom is -0.303 e. The average molecular weight is 205 g/mol. The molecule has 1 fully saturated rings. The number of nitriles is 2. The highest BCUT2D eigenvalue weighted by Gasteiger charge is 2.58. The smallest absolute Gasteiger partial charge is 0.303 e. The molecule has 7 heteroatoms. The molecule has 1 rings (SSSR count). The highest BCUT2D eigenvalue weighted by molar-refractivity contribution is 6.39. The van der Waals surface area contributed by atoms with Crippen molar-refractivity contribution in [2.24, 2.45) is 0 Å². The van der Waals surface area contributed by atoms with Crippen molar-refractivity contribution in [1.82, 2.24) is 10.6 Å². The number of alkyl halides is 2.